The minimum absolute atomic E-state index is 0.0284. The van der Waals surface area contributed by atoms with Crippen LogP contribution in [0.4, 0.5) is 0 Å². The first kappa shape index (κ1) is 17.0. The molecule has 4 nitrogen and oxygen atoms in total. The fourth-order valence-corrected chi connectivity index (χ4v) is 2.74. The van der Waals surface area contributed by atoms with E-state index in [2.05, 4.69) is 33.0 Å². The van der Waals surface area contributed by atoms with Crippen LogP contribution in [-0.4, -0.2) is 35.3 Å². The molecule has 0 radical (unpaired) electrons. The summed E-state index contributed by atoms with van der Waals surface area (Å²) in [5.41, 5.74) is 0. The Balaban J connectivity index is 2.96. The second-order valence-corrected chi connectivity index (χ2v) is 6.18. The van der Waals surface area contributed by atoms with E-state index in [0.717, 1.165) is 25.7 Å². The van der Waals surface area contributed by atoms with E-state index >= 15 is 0 Å². The zero-order valence-corrected chi connectivity index (χ0v) is 13.6. The maximum atomic E-state index is 12.7. The highest BCUT2D eigenvalue weighted by Gasteiger charge is 2.42. The van der Waals surface area contributed by atoms with Crippen molar-refractivity contribution in [3.63, 3.8) is 0 Å². The second kappa shape index (κ2) is 7.65. The fourth-order valence-electron chi connectivity index (χ4n) is 2.74. The van der Waals surface area contributed by atoms with Gasteiger partial charge in [-0.25, -0.2) is 0 Å². The third-order valence-corrected chi connectivity index (χ3v) is 4.47. The average Bonchev–Trinajstić information content (AvgIpc) is 2.43. The van der Waals surface area contributed by atoms with Gasteiger partial charge in [-0.1, -0.05) is 53.9 Å². The predicted molar refractivity (Wildman–Crippen MR) is 81.2 cm³/mol. The molecule has 0 spiro atoms. The number of nitrogens with one attached hydrogen (secondary N) is 1. The van der Waals surface area contributed by atoms with E-state index < -0.39 is 0 Å². The van der Waals surface area contributed by atoms with Gasteiger partial charge in [0.05, 0.1) is 0 Å². The van der Waals surface area contributed by atoms with Crippen molar-refractivity contribution in [3.05, 3.63) is 0 Å². The Morgan fingerprint density at radius 1 is 1.15 bits per heavy atom. The van der Waals surface area contributed by atoms with Gasteiger partial charge in [-0.05, 0) is 18.3 Å². The molecular formula is C16H30N2O2. The summed E-state index contributed by atoms with van der Waals surface area (Å²) in [6.45, 7) is 11.1. The number of hydrogen-bond donors (Lipinski definition) is 1. The third-order valence-electron chi connectivity index (χ3n) is 4.47. The van der Waals surface area contributed by atoms with Gasteiger partial charge in [0.25, 0.3) is 0 Å². The highest BCUT2D eigenvalue weighted by Crippen LogP contribution is 2.23. The van der Waals surface area contributed by atoms with Crippen LogP contribution in [0.25, 0.3) is 0 Å². The topological polar surface area (TPSA) is 49.4 Å². The minimum atomic E-state index is -0.322. The summed E-state index contributed by atoms with van der Waals surface area (Å²) in [5, 5.41) is 2.92. The molecule has 0 aromatic rings. The maximum Gasteiger partial charge on any atom is 0.245 e. The molecule has 1 fully saturated rings. The number of carbonyl (C=O) groups is 2. The van der Waals surface area contributed by atoms with Crippen LogP contribution in [0.5, 0.6) is 0 Å². The first-order valence-corrected chi connectivity index (χ1v) is 8.06. The quantitative estimate of drug-likeness (QED) is 0.780. The highest BCUT2D eigenvalue weighted by atomic mass is 16.2. The molecule has 0 aliphatic carbocycles. The van der Waals surface area contributed by atoms with E-state index in [4.69, 9.17) is 0 Å². The van der Waals surface area contributed by atoms with Crippen molar-refractivity contribution < 1.29 is 9.59 Å². The SMILES string of the molecule is CCCC1NC(=O)C(C(C)CC)N(CC(C)CC)C1=O. The van der Waals surface area contributed by atoms with Gasteiger partial charge in [0.2, 0.25) is 11.8 Å². The Bertz CT molecular complexity index is 343. The van der Waals surface area contributed by atoms with Crippen LogP contribution in [0.2, 0.25) is 0 Å². The molecule has 1 aliphatic heterocycles. The standard InChI is InChI=1S/C16H30N2O2/c1-6-9-13-16(20)18(10-11(4)7-2)14(12(5)8-3)15(19)17-13/h11-14H,6-10H2,1-5H3,(H,17,19). The van der Waals surface area contributed by atoms with E-state index in [1.54, 1.807) is 0 Å². The molecule has 4 heteroatoms. The third kappa shape index (κ3) is 3.74. The first-order valence-electron chi connectivity index (χ1n) is 8.06. The Labute approximate surface area is 123 Å². The van der Waals surface area contributed by atoms with Gasteiger partial charge in [-0.2, -0.15) is 0 Å². The van der Waals surface area contributed by atoms with Crippen molar-refractivity contribution in [1.82, 2.24) is 10.2 Å². The van der Waals surface area contributed by atoms with E-state index in [1.807, 2.05) is 11.8 Å². The zero-order chi connectivity index (χ0) is 15.3. The molecule has 1 N–H and O–H groups in total. The van der Waals surface area contributed by atoms with Gasteiger partial charge in [0.15, 0.2) is 0 Å². The lowest BCUT2D eigenvalue weighted by molar-refractivity contribution is -0.152. The van der Waals surface area contributed by atoms with Crippen molar-refractivity contribution in [3.8, 4) is 0 Å². The Hall–Kier alpha value is -1.06. The normalized spacial score (nSPS) is 26.4. The van der Waals surface area contributed by atoms with E-state index in [-0.39, 0.29) is 29.8 Å². The summed E-state index contributed by atoms with van der Waals surface area (Å²) >= 11 is 0. The molecule has 4 atom stereocenters. The van der Waals surface area contributed by atoms with E-state index in [0.29, 0.717) is 12.5 Å². The minimum Gasteiger partial charge on any atom is -0.342 e. The Kier molecular flexibility index (Phi) is 6.50. The van der Waals surface area contributed by atoms with Crippen LogP contribution in [-0.2, 0) is 9.59 Å². The van der Waals surface area contributed by atoms with Crippen molar-refractivity contribution >= 4 is 11.8 Å². The largest absolute Gasteiger partial charge is 0.342 e. The van der Waals surface area contributed by atoms with Gasteiger partial charge in [0, 0.05) is 6.54 Å². The van der Waals surface area contributed by atoms with Crippen molar-refractivity contribution in [1.29, 1.82) is 0 Å². The molecule has 2 amide bonds. The summed E-state index contributed by atoms with van der Waals surface area (Å²) in [4.78, 5) is 26.9. The lowest BCUT2D eigenvalue weighted by atomic mass is 9.91. The highest BCUT2D eigenvalue weighted by molar-refractivity contribution is 5.97. The van der Waals surface area contributed by atoms with Crippen LogP contribution in [0.1, 0.15) is 60.3 Å². The summed E-state index contributed by atoms with van der Waals surface area (Å²) in [6.07, 6.45) is 3.56. The summed E-state index contributed by atoms with van der Waals surface area (Å²) in [7, 11) is 0. The molecule has 1 aliphatic rings. The second-order valence-electron chi connectivity index (χ2n) is 6.18. The monoisotopic (exact) mass is 282 g/mol. The number of carbonyl (C=O) groups excluding carboxylic acids is 2. The summed E-state index contributed by atoms with van der Waals surface area (Å²) in [6, 6.07) is -0.619. The fraction of sp³-hybridized carbons (Fsp3) is 0.875. The maximum absolute atomic E-state index is 12.7. The van der Waals surface area contributed by atoms with Crippen molar-refractivity contribution in [2.24, 2.45) is 11.8 Å². The van der Waals surface area contributed by atoms with Gasteiger partial charge in [-0.3, -0.25) is 9.59 Å². The molecule has 1 saturated heterocycles. The van der Waals surface area contributed by atoms with Gasteiger partial charge >= 0.3 is 0 Å². The number of piperazine rings is 1. The van der Waals surface area contributed by atoms with Crippen LogP contribution in [0.3, 0.4) is 0 Å². The molecule has 0 aromatic heterocycles. The molecule has 4 unspecified atom stereocenters. The molecule has 116 valence electrons. The molecule has 0 aromatic carbocycles. The predicted octanol–water partition coefficient (Wildman–Crippen LogP) is 2.57. The van der Waals surface area contributed by atoms with Crippen molar-refractivity contribution in [2.75, 3.05) is 6.54 Å². The zero-order valence-electron chi connectivity index (χ0n) is 13.6. The molecule has 0 saturated carbocycles. The van der Waals surface area contributed by atoms with E-state index in [1.165, 1.54) is 0 Å². The van der Waals surface area contributed by atoms with Crippen LogP contribution < -0.4 is 5.32 Å². The number of hydrogen-bond acceptors (Lipinski definition) is 2. The Morgan fingerprint density at radius 2 is 1.80 bits per heavy atom. The van der Waals surface area contributed by atoms with Crippen LogP contribution in [0, 0.1) is 11.8 Å². The number of amides is 2. The lowest BCUT2D eigenvalue weighted by Gasteiger charge is -2.42. The Morgan fingerprint density at radius 3 is 2.30 bits per heavy atom. The van der Waals surface area contributed by atoms with Gasteiger partial charge in [-0.15, -0.1) is 0 Å². The molecule has 0 bridgehead atoms. The molecule has 1 rings (SSSR count). The first-order chi connectivity index (χ1) is 9.46. The molecular weight excluding hydrogens is 252 g/mol. The van der Waals surface area contributed by atoms with Gasteiger partial charge < -0.3 is 10.2 Å². The van der Waals surface area contributed by atoms with Gasteiger partial charge in [0.1, 0.15) is 12.1 Å². The number of rotatable bonds is 7. The lowest BCUT2D eigenvalue weighted by Crippen LogP contribution is -2.65. The van der Waals surface area contributed by atoms with Crippen molar-refractivity contribution in [2.45, 2.75) is 72.4 Å². The average molecular weight is 282 g/mol. The molecule has 1 heterocycles. The van der Waals surface area contributed by atoms with Crippen LogP contribution >= 0.6 is 0 Å². The summed E-state index contributed by atoms with van der Waals surface area (Å²) < 4.78 is 0. The summed E-state index contributed by atoms with van der Waals surface area (Å²) in [5.74, 6) is 0.766. The number of nitrogens with zero attached hydrogens (tertiary/aromatic N) is 1. The van der Waals surface area contributed by atoms with Crippen LogP contribution in [0.15, 0.2) is 0 Å². The smallest absolute Gasteiger partial charge is 0.245 e. The molecule has 20 heavy (non-hydrogen) atoms. The van der Waals surface area contributed by atoms with E-state index in [9.17, 15) is 9.59 Å².